The summed E-state index contributed by atoms with van der Waals surface area (Å²) in [5.74, 6) is 0.924. The molecular formula is C15H22N2OS. The fourth-order valence-electron chi connectivity index (χ4n) is 2.13. The Morgan fingerprint density at radius 3 is 3.16 bits per heavy atom. The van der Waals surface area contributed by atoms with Gasteiger partial charge in [-0.15, -0.1) is 0 Å². The van der Waals surface area contributed by atoms with Crippen LogP contribution in [0.5, 0.6) is 5.75 Å². The molecule has 0 radical (unpaired) electrons. The van der Waals surface area contributed by atoms with Gasteiger partial charge < -0.3 is 10.1 Å². The van der Waals surface area contributed by atoms with E-state index in [0.29, 0.717) is 5.25 Å². The SMILES string of the molecule is CCCC1CN=C(NCCc2cccc(OC)c2)S1. The average molecular weight is 278 g/mol. The van der Waals surface area contributed by atoms with E-state index in [1.165, 1.54) is 18.4 Å². The summed E-state index contributed by atoms with van der Waals surface area (Å²) < 4.78 is 5.23. The molecule has 1 aliphatic heterocycles. The lowest BCUT2D eigenvalue weighted by Gasteiger charge is -2.08. The fourth-order valence-corrected chi connectivity index (χ4v) is 3.28. The maximum Gasteiger partial charge on any atom is 0.156 e. The molecule has 104 valence electrons. The monoisotopic (exact) mass is 278 g/mol. The predicted molar refractivity (Wildman–Crippen MR) is 83.3 cm³/mol. The fraction of sp³-hybridized carbons (Fsp3) is 0.533. The molecule has 1 aliphatic rings. The lowest BCUT2D eigenvalue weighted by atomic mass is 10.1. The van der Waals surface area contributed by atoms with Crippen molar-refractivity contribution in [2.45, 2.75) is 31.4 Å². The quantitative estimate of drug-likeness (QED) is 0.868. The second kappa shape index (κ2) is 7.43. The summed E-state index contributed by atoms with van der Waals surface area (Å²) in [6.07, 6.45) is 3.49. The summed E-state index contributed by atoms with van der Waals surface area (Å²) in [7, 11) is 1.70. The second-order valence-electron chi connectivity index (χ2n) is 4.70. The third kappa shape index (κ3) is 4.46. The van der Waals surface area contributed by atoms with E-state index in [0.717, 1.165) is 30.4 Å². The first kappa shape index (κ1) is 14.3. The zero-order valence-corrected chi connectivity index (χ0v) is 12.5. The zero-order valence-electron chi connectivity index (χ0n) is 11.7. The van der Waals surface area contributed by atoms with E-state index in [4.69, 9.17) is 4.74 Å². The van der Waals surface area contributed by atoms with Gasteiger partial charge in [0.25, 0.3) is 0 Å². The van der Waals surface area contributed by atoms with Gasteiger partial charge in [-0.3, -0.25) is 4.99 Å². The molecule has 0 saturated carbocycles. The molecule has 1 atom stereocenters. The topological polar surface area (TPSA) is 33.6 Å². The van der Waals surface area contributed by atoms with Crippen LogP contribution in [0, 0.1) is 0 Å². The second-order valence-corrected chi connectivity index (χ2v) is 5.99. The molecular weight excluding hydrogens is 256 g/mol. The van der Waals surface area contributed by atoms with Crippen molar-refractivity contribution in [3.63, 3.8) is 0 Å². The largest absolute Gasteiger partial charge is 0.497 e. The number of aliphatic imine (C=N–C) groups is 1. The van der Waals surface area contributed by atoms with E-state index in [1.807, 2.05) is 23.9 Å². The van der Waals surface area contributed by atoms with Crippen molar-refractivity contribution >= 4 is 16.9 Å². The molecule has 1 aromatic carbocycles. The van der Waals surface area contributed by atoms with Crippen LogP contribution in [-0.4, -0.2) is 30.6 Å². The minimum atomic E-state index is 0.685. The first-order valence-corrected chi connectivity index (χ1v) is 7.77. The van der Waals surface area contributed by atoms with Crippen molar-refractivity contribution in [2.75, 3.05) is 20.2 Å². The van der Waals surface area contributed by atoms with Gasteiger partial charge in [-0.05, 0) is 30.5 Å². The molecule has 0 bridgehead atoms. The standard InChI is InChI=1S/C15H22N2OS/c1-3-5-14-11-17-15(19-14)16-9-8-12-6-4-7-13(10-12)18-2/h4,6-7,10,14H,3,5,8-9,11H2,1-2H3,(H,16,17). The summed E-state index contributed by atoms with van der Waals surface area (Å²) >= 11 is 1.89. The van der Waals surface area contributed by atoms with Crippen molar-refractivity contribution in [3.05, 3.63) is 29.8 Å². The highest BCUT2D eigenvalue weighted by Gasteiger charge is 2.17. The van der Waals surface area contributed by atoms with Crippen LogP contribution < -0.4 is 10.1 Å². The molecule has 4 heteroatoms. The maximum atomic E-state index is 5.23. The molecule has 0 amide bonds. The number of nitrogens with one attached hydrogen (secondary N) is 1. The number of benzene rings is 1. The van der Waals surface area contributed by atoms with Crippen molar-refractivity contribution in [1.82, 2.24) is 5.32 Å². The smallest absolute Gasteiger partial charge is 0.156 e. The van der Waals surface area contributed by atoms with Crippen LogP contribution >= 0.6 is 11.8 Å². The van der Waals surface area contributed by atoms with E-state index < -0.39 is 0 Å². The number of amidine groups is 1. The van der Waals surface area contributed by atoms with Crippen LogP contribution in [0.1, 0.15) is 25.3 Å². The van der Waals surface area contributed by atoms with Gasteiger partial charge in [0.05, 0.1) is 13.7 Å². The molecule has 19 heavy (non-hydrogen) atoms. The highest BCUT2D eigenvalue weighted by molar-refractivity contribution is 8.14. The van der Waals surface area contributed by atoms with Crippen LogP contribution in [0.3, 0.4) is 0 Å². The minimum absolute atomic E-state index is 0.685. The molecule has 0 aromatic heterocycles. The lowest BCUT2D eigenvalue weighted by Crippen LogP contribution is -2.22. The average Bonchev–Trinajstić information content (AvgIpc) is 2.87. The molecule has 0 fully saturated rings. The minimum Gasteiger partial charge on any atom is -0.497 e. The first-order chi connectivity index (χ1) is 9.31. The van der Waals surface area contributed by atoms with Crippen LogP contribution in [0.25, 0.3) is 0 Å². The molecule has 0 spiro atoms. The molecule has 0 saturated heterocycles. The van der Waals surface area contributed by atoms with Gasteiger partial charge >= 0.3 is 0 Å². The van der Waals surface area contributed by atoms with Gasteiger partial charge in [0.2, 0.25) is 0 Å². The molecule has 2 rings (SSSR count). The van der Waals surface area contributed by atoms with E-state index >= 15 is 0 Å². The Labute approximate surface area is 119 Å². The Morgan fingerprint density at radius 1 is 1.47 bits per heavy atom. The van der Waals surface area contributed by atoms with E-state index in [-0.39, 0.29) is 0 Å². The molecule has 3 nitrogen and oxygen atoms in total. The van der Waals surface area contributed by atoms with Crippen LogP contribution in [0.15, 0.2) is 29.3 Å². The normalized spacial score (nSPS) is 18.2. The number of ether oxygens (including phenoxy) is 1. The van der Waals surface area contributed by atoms with Gasteiger partial charge in [-0.2, -0.15) is 0 Å². The van der Waals surface area contributed by atoms with E-state index in [9.17, 15) is 0 Å². The highest BCUT2D eigenvalue weighted by Crippen LogP contribution is 2.23. The molecule has 1 heterocycles. The van der Waals surface area contributed by atoms with Gasteiger partial charge in [0, 0.05) is 11.8 Å². The Kier molecular flexibility index (Phi) is 5.58. The van der Waals surface area contributed by atoms with Crippen LogP contribution in [-0.2, 0) is 6.42 Å². The van der Waals surface area contributed by atoms with Crippen LogP contribution in [0.2, 0.25) is 0 Å². The van der Waals surface area contributed by atoms with Crippen LogP contribution in [0.4, 0.5) is 0 Å². The Bertz CT molecular complexity index is 434. The summed E-state index contributed by atoms with van der Waals surface area (Å²) in [6, 6.07) is 8.23. The lowest BCUT2D eigenvalue weighted by molar-refractivity contribution is 0.414. The highest BCUT2D eigenvalue weighted by atomic mass is 32.2. The first-order valence-electron chi connectivity index (χ1n) is 6.89. The van der Waals surface area contributed by atoms with Crippen molar-refractivity contribution in [3.8, 4) is 5.75 Å². The number of hydrogen-bond acceptors (Lipinski definition) is 4. The summed E-state index contributed by atoms with van der Waals surface area (Å²) in [4.78, 5) is 4.54. The number of methoxy groups -OCH3 is 1. The molecule has 0 aliphatic carbocycles. The number of nitrogens with zero attached hydrogens (tertiary/aromatic N) is 1. The number of thioether (sulfide) groups is 1. The maximum absolute atomic E-state index is 5.23. The molecule has 1 aromatic rings. The Hall–Kier alpha value is -1.16. The van der Waals surface area contributed by atoms with Crippen molar-refractivity contribution in [2.24, 2.45) is 4.99 Å². The third-order valence-corrected chi connectivity index (χ3v) is 4.37. The number of rotatable bonds is 6. The predicted octanol–water partition coefficient (Wildman–Crippen LogP) is 3.10. The molecule has 1 N–H and O–H groups in total. The Morgan fingerprint density at radius 2 is 2.37 bits per heavy atom. The van der Waals surface area contributed by atoms with E-state index in [1.54, 1.807) is 7.11 Å². The van der Waals surface area contributed by atoms with Gasteiger partial charge in [-0.25, -0.2) is 0 Å². The number of hydrogen-bond donors (Lipinski definition) is 1. The summed E-state index contributed by atoms with van der Waals surface area (Å²) in [6.45, 7) is 4.13. The van der Waals surface area contributed by atoms with Crippen molar-refractivity contribution < 1.29 is 4.74 Å². The summed E-state index contributed by atoms with van der Waals surface area (Å²) in [5, 5.41) is 5.23. The zero-order chi connectivity index (χ0) is 13.5. The van der Waals surface area contributed by atoms with Gasteiger partial charge in [-0.1, -0.05) is 37.2 Å². The summed E-state index contributed by atoms with van der Waals surface area (Å²) in [5.41, 5.74) is 1.29. The van der Waals surface area contributed by atoms with Crippen molar-refractivity contribution in [1.29, 1.82) is 0 Å². The van der Waals surface area contributed by atoms with E-state index in [2.05, 4.69) is 29.4 Å². The Balaban J connectivity index is 1.72. The molecule has 1 unspecified atom stereocenters. The van der Waals surface area contributed by atoms with Gasteiger partial charge in [0.15, 0.2) is 5.17 Å². The van der Waals surface area contributed by atoms with Gasteiger partial charge in [0.1, 0.15) is 5.75 Å². The third-order valence-electron chi connectivity index (χ3n) is 3.15.